The average Bonchev–Trinajstić information content (AvgIpc) is 2.90. The zero-order chi connectivity index (χ0) is 15.3. The van der Waals surface area contributed by atoms with Crippen LogP contribution in [-0.2, 0) is 0 Å². The fourth-order valence-electron chi connectivity index (χ4n) is 2.53. The summed E-state index contributed by atoms with van der Waals surface area (Å²) in [6.45, 7) is 4.66. The van der Waals surface area contributed by atoms with Gasteiger partial charge in [-0.1, -0.05) is 25.7 Å². The topological polar surface area (TPSA) is 49.3 Å². The fraction of sp³-hybridized carbons (Fsp3) is 0.588. The highest BCUT2D eigenvalue weighted by Crippen LogP contribution is 2.35. The summed E-state index contributed by atoms with van der Waals surface area (Å²) in [6.07, 6.45) is 4.93. The van der Waals surface area contributed by atoms with Gasteiger partial charge in [0.2, 0.25) is 0 Å². The van der Waals surface area contributed by atoms with Crippen LogP contribution in [-0.4, -0.2) is 23.7 Å². The molecule has 21 heavy (non-hydrogen) atoms. The van der Waals surface area contributed by atoms with E-state index in [1.54, 1.807) is 0 Å². The Morgan fingerprint density at radius 3 is 2.81 bits per heavy atom. The molecular weight excluding hydrogens is 282 g/mol. The molecule has 114 valence electrons. The van der Waals surface area contributed by atoms with Crippen LogP contribution in [0.25, 0.3) is 0 Å². The van der Waals surface area contributed by atoms with E-state index >= 15 is 0 Å². The summed E-state index contributed by atoms with van der Waals surface area (Å²) in [6, 6.07) is 4.00. The minimum absolute atomic E-state index is 0.0138. The average molecular weight is 305 g/mol. The standard InChI is InChI=1S/C17H23NO2S/c1-17(2)10-8-13(9-11-17)18-16(20)15-7-6-14(21-15)5-3-4-12-19/h6-7,13,19H,4,8-12H2,1-2H3,(H,18,20). The molecule has 1 heterocycles. The normalized spacial score (nSPS) is 17.9. The molecule has 3 nitrogen and oxygen atoms in total. The summed E-state index contributed by atoms with van der Waals surface area (Å²) < 4.78 is 0. The molecule has 0 aliphatic heterocycles. The third-order valence-electron chi connectivity index (χ3n) is 3.95. The van der Waals surface area contributed by atoms with E-state index < -0.39 is 0 Å². The molecule has 4 heteroatoms. The van der Waals surface area contributed by atoms with Crippen LogP contribution in [0.4, 0.5) is 0 Å². The zero-order valence-electron chi connectivity index (χ0n) is 12.7. The zero-order valence-corrected chi connectivity index (χ0v) is 13.6. The highest BCUT2D eigenvalue weighted by Gasteiger charge is 2.27. The van der Waals surface area contributed by atoms with Crippen molar-refractivity contribution in [3.05, 3.63) is 21.9 Å². The van der Waals surface area contributed by atoms with Crippen molar-refractivity contribution < 1.29 is 9.90 Å². The van der Waals surface area contributed by atoms with E-state index in [1.165, 1.54) is 24.2 Å². The van der Waals surface area contributed by atoms with Gasteiger partial charge in [0.05, 0.1) is 16.4 Å². The van der Waals surface area contributed by atoms with E-state index in [1.807, 2.05) is 12.1 Å². The lowest BCUT2D eigenvalue weighted by atomic mass is 9.75. The molecular formula is C17H23NO2S. The minimum Gasteiger partial charge on any atom is -0.395 e. The second-order valence-electron chi connectivity index (χ2n) is 6.35. The van der Waals surface area contributed by atoms with Crippen molar-refractivity contribution in [2.24, 2.45) is 5.41 Å². The summed E-state index contributed by atoms with van der Waals surface area (Å²) in [5.41, 5.74) is 0.416. The number of aliphatic hydroxyl groups excluding tert-OH is 1. The molecule has 1 aromatic rings. The molecule has 0 unspecified atom stereocenters. The highest BCUT2D eigenvalue weighted by atomic mass is 32.1. The van der Waals surface area contributed by atoms with Crippen LogP contribution in [0.3, 0.4) is 0 Å². The van der Waals surface area contributed by atoms with Gasteiger partial charge in [-0.15, -0.1) is 11.3 Å². The van der Waals surface area contributed by atoms with Gasteiger partial charge in [-0.2, -0.15) is 0 Å². The number of amides is 1. The Hall–Kier alpha value is -1.31. The van der Waals surface area contributed by atoms with Gasteiger partial charge in [0.25, 0.3) is 5.91 Å². The van der Waals surface area contributed by atoms with Crippen molar-refractivity contribution in [1.82, 2.24) is 5.32 Å². The van der Waals surface area contributed by atoms with Crippen LogP contribution in [0.15, 0.2) is 12.1 Å². The molecule has 0 saturated heterocycles. The van der Waals surface area contributed by atoms with Gasteiger partial charge in [-0.3, -0.25) is 4.79 Å². The third kappa shape index (κ3) is 4.87. The van der Waals surface area contributed by atoms with Gasteiger partial charge in [-0.25, -0.2) is 0 Å². The second-order valence-corrected chi connectivity index (χ2v) is 7.44. The number of carbonyl (C=O) groups is 1. The number of hydrogen-bond acceptors (Lipinski definition) is 3. The molecule has 1 amide bonds. The van der Waals surface area contributed by atoms with Crippen molar-refractivity contribution in [2.75, 3.05) is 6.61 Å². The molecule has 1 aromatic heterocycles. The molecule has 2 N–H and O–H groups in total. The monoisotopic (exact) mass is 305 g/mol. The predicted octanol–water partition coefficient (Wildman–Crippen LogP) is 3.18. The van der Waals surface area contributed by atoms with Crippen LogP contribution in [0.2, 0.25) is 0 Å². The Labute approximate surface area is 130 Å². The largest absolute Gasteiger partial charge is 0.395 e. The number of hydrogen-bond donors (Lipinski definition) is 2. The van der Waals surface area contributed by atoms with Crippen molar-refractivity contribution in [2.45, 2.75) is 52.0 Å². The Morgan fingerprint density at radius 1 is 1.43 bits per heavy atom. The van der Waals surface area contributed by atoms with E-state index in [-0.39, 0.29) is 12.5 Å². The first kappa shape index (κ1) is 16.1. The summed E-state index contributed by atoms with van der Waals surface area (Å²) in [5, 5.41) is 11.8. The lowest BCUT2D eigenvalue weighted by Crippen LogP contribution is -2.38. The lowest BCUT2D eigenvalue weighted by Gasteiger charge is -2.34. The summed E-state index contributed by atoms with van der Waals surface area (Å²) in [7, 11) is 0. The number of nitrogens with one attached hydrogen (secondary N) is 1. The van der Waals surface area contributed by atoms with E-state index in [0.717, 1.165) is 17.7 Å². The van der Waals surface area contributed by atoms with Crippen LogP contribution in [0.1, 0.15) is 60.5 Å². The van der Waals surface area contributed by atoms with Gasteiger partial charge in [0.15, 0.2) is 0 Å². The molecule has 0 spiro atoms. The molecule has 1 aliphatic rings. The van der Waals surface area contributed by atoms with Gasteiger partial charge in [-0.05, 0) is 43.2 Å². The van der Waals surface area contributed by atoms with Crippen molar-refractivity contribution in [3.8, 4) is 11.8 Å². The second kappa shape index (κ2) is 7.11. The van der Waals surface area contributed by atoms with E-state index in [9.17, 15) is 4.79 Å². The first-order chi connectivity index (χ1) is 10.00. The van der Waals surface area contributed by atoms with Crippen LogP contribution < -0.4 is 5.32 Å². The Balaban J connectivity index is 1.88. The smallest absolute Gasteiger partial charge is 0.261 e. The number of carbonyl (C=O) groups excluding carboxylic acids is 1. The first-order valence-corrected chi connectivity index (χ1v) is 8.32. The van der Waals surface area contributed by atoms with Crippen molar-refractivity contribution >= 4 is 17.2 Å². The van der Waals surface area contributed by atoms with Gasteiger partial charge in [0, 0.05) is 12.5 Å². The molecule has 1 aliphatic carbocycles. The molecule has 1 fully saturated rings. The number of aliphatic hydroxyl groups is 1. The lowest BCUT2D eigenvalue weighted by molar-refractivity contribution is 0.0913. The maximum Gasteiger partial charge on any atom is 0.261 e. The minimum atomic E-state index is 0.0138. The van der Waals surface area contributed by atoms with Gasteiger partial charge in [0.1, 0.15) is 0 Å². The van der Waals surface area contributed by atoms with Crippen molar-refractivity contribution in [3.63, 3.8) is 0 Å². The Bertz CT molecular complexity index is 541. The Kier molecular flexibility index (Phi) is 5.44. The summed E-state index contributed by atoms with van der Waals surface area (Å²) >= 11 is 1.41. The molecule has 1 saturated carbocycles. The third-order valence-corrected chi connectivity index (χ3v) is 4.95. The molecule has 0 aromatic carbocycles. The van der Waals surface area contributed by atoms with Crippen LogP contribution in [0, 0.1) is 17.3 Å². The van der Waals surface area contributed by atoms with Crippen LogP contribution in [0.5, 0.6) is 0 Å². The molecule has 0 bridgehead atoms. The van der Waals surface area contributed by atoms with Gasteiger partial charge >= 0.3 is 0 Å². The van der Waals surface area contributed by atoms with E-state index in [2.05, 4.69) is 31.0 Å². The SMILES string of the molecule is CC1(C)CCC(NC(=O)c2ccc(C#CCCO)s2)CC1. The van der Waals surface area contributed by atoms with E-state index in [0.29, 0.717) is 22.8 Å². The first-order valence-electron chi connectivity index (χ1n) is 7.51. The Morgan fingerprint density at radius 2 is 2.14 bits per heavy atom. The van der Waals surface area contributed by atoms with Crippen LogP contribution >= 0.6 is 11.3 Å². The molecule has 2 rings (SSSR count). The summed E-state index contributed by atoms with van der Waals surface area (Å²) in [4.78, 5) is 13.8. The fourth-order valence-corrected chi connectivity index (χ4v) is 3.32. The van der Waals surface area contributed by atoms with Crippen molar-refractivity contribution in [1.29, 1.82) is 0 Å². The molecule has 0 radical (unpaired) electrons. The number of rotatable bonds is 3. The molecule has 0 atom stereocenters. The number of thiophene rings is 1. The maximum atomic E-state index is 12.2. The predicted molar refractivity (Wildman–Crippen MR) is 86.4 cm³/mol. The quantitative estimate of drug-likeness (QED) is 0.843. The summed E-state index contributed by atoms with van der Waals surface area (Å²) in [5.74, 6) is 5.85. The maximum absolute atomic E-state index is 12.2. The van der Waals surface area contributed by atoms with Gasteiger partial charge < -0.3 is 10.4 Å². The highest BCUT2D eigenvalue weighted by molar-refractivity contribution is 7.14. The van der Waals surface area contributed by atoms with E-state index in [4.69, 9.17) is 5.11 Å².